The van der Waals surface area contributed by atoms with Gasteiger partial charge in [-0.15, -0.1) is 35.3 Å². The van der Waals surface area contributed by atoms with Gasteiger partial charge in [-0.05, 0) is 42.5 Å². The molecule has 0 aliphatic carbocycles. The molecule has 1 heterocycles. The third-order valence-corrected chi connectivity index (χ3v) is 4.11. The summed E-state index contributed by atoms with van der Waals surface area (Å²) < 4.78 is 5.56. The highest BCUT2D eigenvalue weighted by atomic mass is 127. The molecule has 0 saturated heterocycles. The maximum atomic E-state index is 5.56. The summed E-state index contributed by atoms with van der Waals surface area (Å²) in [5, 5.41) is 8.72. The van der Waals surface area contributed by atoms with Crippen LogP contribution in [-0.2, 0) is 13.1 Å². The number of ether oxygens (including phenoxy) is 1. The lowest BCUT2D eigenvalue weighted by atomic mass is 10.1. The fourth-order valence-electron chi connectivity index (χ4n) is 2.13. The maximum Gasteiger partial charge on any atom is 0.191 e. The smallest absolute Gasteiger partial charge is 0.191 e. The first-order valence-electron chi connectivity index (χ1n) is 7.42. The monoisotopic (exact) mass is 445 g/mol. The van der Waals surface area contributed by atoms with E-state index in [1.165, 1.54) is 10.4 Å². The summed E-state index contributed by atoms with van der Waals surface area (Å²) in [5.74, 6) is 1.76. The van der Waals surface area contributed by atoms with E-state index in [4.69, 9.17) is 4.74 Å². The predicted octanol–water partition coefficient (Wildman–Crippen LogP) is 3.94. The van der Waals surface area contributed by atoms with Gasteiger partial charge in [0.1, 0.15) is 5.75 Å². The molecule has 0 radical (unpaired) electrons. The molecule has 0 aliphatic heterocycles. The van der Waals surface area contributed by atoms with Crippen molar-refractivity contribution in [3.8, 4) is 5.75 Å². The Balaban J connectivity index is 0.00000264. The largest absolute Gasteiger partial charge is 0.494 e. The average Bonchev–Trinajstić information content (AvgIpc) is 3.03. The Kier molecular flexibility index (Phi) is 9.01. The molecule has 1 aromatic carbocycles. The van der Waals surface area contributed by atoms with Crippen molar-refractivity contribution in [1.29, 1.82) is 0 Å². The Bertz CT molecular complexity index is 614. The molecule has 4 nitrogen and oxygen atoms in total. The van der Waals surface area contributed by atoms with Gasteiger partial charge in [-0.1, -0.05) is 18.2 Å². The lowest BCUT2D eigenvalue weighted by Gasteiger charge is -2.13. The summed E-state index contributed by atoms with van der Waals surface area (Å²) in [6.07, 6.45) is 0. The fraction of sp³-hybridized carbons (Fsp3) is 0.353. The maximum absolute atomic E-state index is 5.56. The van der Waals surface area contributed by atoms with Crippen LogP contribution in [0.25, 0.3) is 0 Å². The number of guanidine groups is 1. The first-order valence-corrected chi connectivity index (χ1v) is 8.30. The molecule has 1 aromatic heterocycles. The molecule has 2 rings (SSSR count). The standard InChI is InChI=1S/C17H23N3OS.HI/c1-4-21-16-8-7-14(10-13(16)2)11-19-17(18-3)20-12-15-6-5-9-22-15;/h5-10H,4,11-12H2,1-3H3,(H2,18,19,20);1H. The fourth-order valence-corrected chi connectivity index (χ4v) is 2.77. The number of nitrogens with one attached hydrogen (secondary N) is 2. The lowest BCUT2D eigenvalue weighted by Crippen LogP contribution is -2.36. The number of rotatable bonds is 6. The first kappa shape index (κ1) is 19.8. The molecule has 0 unspecified atom stereocenters. The number of aryl methyl sites for hydroxylation is 1. The van der Waals surface area contributed by atoms with E-state index in [2.05, 4.69) is 52.2 Å². The Morgan fingerprint density at radius 3 is 2.61 bits per heavy atom. The van der Waals surface area contributed by atoms with E-state index in [0.29, 0.717) is 6.61 Å². The Labute approximate surface area is 159 Å². The SMILES string of the molecule is CCOc1ccc(CNC(=NC)NCc2cccs2)cc1C.I. The van der Waals surface area contributed by atoms with Crippen LogP contribution in [0.3, 0.4) is 0 Å². The van der Waals surface area contributed by atoms with E-state index in [1.807, 2.05) is 13.0 Å². The summed E-state index contributed by atoms with van der Waals surface area (Å²) in [6.45, 7) is 6.28. The molecule has 0 aliphatic rings. The van der Waals surface area contributed by atoms with E-state index in [1.54, 1.807) is 18.4 Å². The molecular formula is C17H24IN3OS. The van der Waals surface area contributed by atoms with Crippen LogP contribution in [0.15, 0.2) is 40.7 Å². The van der Waals surface area contributed by atoms with Gasteiger partial charge in [-0.25, -0.2) is 0 Å². The van der Waals surface area contributed by atoms with Gasteiger partial charge < -0.3 is 15.4 Å². The number of halogens is 1. The molecule has 126 valence electrons. The summed E-state index contributed by atoms with van der Waals surface area (Å²) >= 11 is 1.74. The molecule has 0 saturated carbocycles. The molecular weight excluding hydrogens is 421 g/mol. The van der Waals surface area contributed by atoms with Gasteiger partial charge in [-0.3, -0.25) is 4.99 Å². The molecule has 2 N–H and O–H groups in total. The van der Waals surface area contributed by atoms with E-state index >= 15 is 0 Å². The summed E-state index contributed by atoms with van der Waals surface area (Å²) in [6, 6.07) is 10.4. The molecule has 0 bridgehead atoms. The van der Waals surface area contributed by atoms with Crippen LogP contribution in [0.2, 0.25) is 0 Å². The van der Waals surface area contributed by atoms with Crippen LogP contribution in [0, 0.1) is 6.92 Å². The second kappa shape index (κ2) is 10.5. The van der Waals surface area contributed by atoms with Crippen LogP contribution in [0.4, 0.5) is 0 Å². The van der Waals surface area contributed by atoms with Crippen LogP contribution in [-0.4, -0.2) is 19.6 Å². The summed E-state index contributed by atoms with van der Waals surface area (Å²) in [4.78, 5) is 5.54. The highest BCUT2D eigenvalue weighted by molar-refractivity contribution is 14.0. The van der Waals surface area contributed by atoms with E-state index in [0.717, 1.165) is 30.4 Å². The lowest BCUT2D eigenvalue weighted by molar-refractivity contribution is 0.338. The van der Waals surface area contributed by atoms with Crippen LogP contribution >= 0.6 is 35.3 Å². The number of hydrogen-bond donors (Lipinski definition) is 2. The average molecular weight is 445 g/mol. The van der Waals surface area contributed by atoms with Crippen molar-refractivity contribution >= 4 is 41.3 Å². The number of nitrogens with zero attached hydrogens (tertiary/aromatic N) is 1. The van der Waals surface area contributed by atoms with Crippen molar-refractivity contribution in [3.63, 3.8) is 0 Å². The quantitative estimate of drug-likeness (QED) is 0.402. The third kappa shape index (κ3) is 6.39. The van der Waals surface area contributed by atoms with Crippen molar-refractivity contribution in [3.05, 3.63) is 51.7 Å². The number of benzene rings is 1. The normalized spacial score (nSPS) is 10.8. The molecule has 0 fully saturated rings. The first-order chi connectivity index (χ1) is 10.7. The second-order valence-corrected chi connectivity index (χ2v) is 5.92. The topological polar surface area (TPSA) is 45.6 Å². The molecule has 0 spiro atoms. The van der Waals surface area contributed by atoms with Gasteiger partial charge >= 0.3 is 0 Å². The molecule has 0 amide bonds. The molecule has 6 heteroatoms. The van der Waals surface area contributed by atoms with Crippen LogP contribution in [0.5, 0.6) is 5.75 Å². The third-order valence-electron chi connectivity index (χ3n) is 3.23. The predicted molar refractivity (Wildman–Crippen MR) is 109 cm³/mol. The van der Waals surface area contributed by atoms with Crippen molar-refractivity contribution in [2.75, 3.05) is 13.7 Å². The summed E-state index contributed by atoms with van der Waals surface area (Å²) in [7, 11) is 1.78. The highest BCUT2D eigenvalue weighted by Gasteiger charge is 2.03. The Morgan fingerprint density at radius 2 is 2.00 bits per heavy atom. The van der Waals surface area contributed by atoms with E-state index in [-0.39, 0.29) is 24.0 Å². The molecule has 0 atom stereocenters. The summed E-state index contributed by atoms with van der Waals surface area (Å²) in [5.41, 5.74) is 2.36. The van der Waals surface area contributed by atoms with Crippen LogP contribution < -0.4 is 15.4 Å². The minimum atomic E-state index is 0. The van der Waals surface area contributed by atoms with Crippen LogP contribution in [0.1, 0.15) is 22.9 Å². The van der Waals surface area contributed by atoms with Gasteiger partial charge in [0.25, 0.3) is 0 Å². The van der Waals surface area contributed by atoms with Gasteiger partial charge in [0, 0.05) is 18.5 Å². The Hall–Kier alpha value is -1.28. The highest BCUT2D eigenvalue weighted by Crippen LogP contribution is 2.18. The minimum absolute atomic E-state index is 0. The number of thiophene rings is 1. The van der Waals surface area contributed by atoms with Gasteiger partial charge in [0.2, 0.25) is 0 Å². The van der Waals surface area contributed by atoms with Gasteiger partial charge in [-0.2, -0.15) is 0 Å². The van der Waals surface area contributed by atoms with Crippen molar-refractivity contribution in [2.24, 2.45) is 4.99 Å². The zero-order valence-corrected chi connectivity index (χ0v) is 16.9. The second-order valence-electron chi connectivity index (χ2n) is 4.89. The Morgan fingerprint density at radius 1 is 1.22 bits per heavy atom. The van der Waals surface area contributed by atoms with Crippen molar-refractivity contribution < 1.29 is 4.74 Å². The zero-order chi connectivity index (χ0) is 15.8. The van der Waals surface area contributed by atoms with Gasteiger partial charge in [0.05, 0.1) is 13.2 Å². The van der Waals surface area contributed by atoms with Crippen molar-refractivity contribution in [2.45, 2.75) is 26.9 Å². The van der Waals surface area contributed by atoms with E-state index < -0.39 is 0 Å². The van der Waals surface area contributed by atoms with E-state index in [9.17, 15) is 0 Å². The number of aliphatic imine (C=N–C) groups is 1. The van der Waals surface area contributed by atoms with Gasteiger partial charge in [0.15, 0.2) is 5.96 Å². The molecule has 2 aromatic rings. The zero-order valence-electron chi connectivity index (χ0n) is 13.8. The number of hydrogen-bond acceptors (Lipinski definition) is 3. The van der Waals surface area contributed by atoms with Crippen molar-refractivity contribution in [1.82, 2.24) is 10.6 Å². The minimum Gasteiger partial charge on any atom is -0.494 e. The molecule has 23 heavy (non-hydrogen) atoms.